The summed E-state index contributed by atoms with van der Waals surface area (Å²) in [6.45, 7) is 1.59. The summed E-state index contributed by atoms with van der Waals surface area (Å²) < 4.78 is 1.06. The van der Waals surface area contributed by atoms with Crippen LogP contribution < -0.4 is 10.6 Å². The standard InChI is InChI=1S/C15H13BrCl2N2.2ClH/c16-10-2-4-15-11(6-10)14(19)8-20(15)7-9-1-3-12(17)13(18)5-9;;/h1-6,14H,7-8,19H2;2*1H. The van der Waals surface area contributed by atoms with Gasteiger partial charge in [0.05, 0.1) is 10.0 Å². The van der Waals surface area contributed by atoms with Gasteiger partial charge >= 0.3 is 0 Å². The third kappa shape index (κ3) is 4.02. The van der Waals surface area contributed by atoms with Crippen LogP contribution in [0, 0.1) is 0 Å². The summed E-state index contributed by atoms with van der Waals surface area (Å²) in [7, 11) is 0. The molecule has 7 heteroatoms. The molecule has 2 aromatic carbocycles. The van der Waals surface area contributed by atoms with Gasteiger partial charge in [-0.25, -0.2) is 0 Å². The molecule has 1 aliphatic heterocycles. The van der Waals surface area contributed by atoms with Crippen LogP contribution in [0.3, 0.4) is 0 Å². The number of hydrogen-bond donors (Lipinski definition) is 1. The van der Waals surface area contributed by atoms with Gasteiger partial charge in [0.15, 0.2) is 0 Å². The van der Waals surface area contributed by atoms with Crippen LogP contribution in [0.25, 0.3) is 0 Å². The van der Waals surface area contributed by atoms with Gasteiger partial charge in [0.1, 0.15) is 0 Å². The van der Waals surface area contributed by atoms with Gasteiger partial charge < -0.3 is 10.6 Å². The number of halogens is 5. The average molecular weight is 445 g/mol. The molecule has 0 aliphatic carbocycles. The predicted octanol–water partition coefficient (Wildman–Crippen LogP) is 5.62. The Balaban J connectivity index is 0.00000121. The van der Waals surface area contributed by atoms with Gasteiger partial charge in [0.25, 0.3) is 0 Å². The van der Waals surface area contributed by atoms with E-state index in [2.05, 4.69) is 33.0 Å². The maximum atomic E-state index is 6.20. The molecule has 22 heavy (non-hydrogen) atoms. The molecule has 0 bridgehead atoms. The lowest BCUT2D eigenvalue weighted by Gasteiger charge is -2.20. The number of hydrogen-bond acceptors (Lipinski definition) is 2. The zero-order valence-electron chi connectivity index (χ0n) is 11.4. The topological polar surface area (TPSA) is 29.3 Å². The van der Waals surface area contributed by atoms with Gasteiger partial charge in [-0.1, -0.05) is 45.2 Å². The van der Waals surface area contributed by atoms with E-state index in [1.54, 1.807) is 0 Å². The minimum atomic E-state index is 0. The molecule has 0 radical (unpaired) electrons. The van der Waals surface area contributed by atoms with Crippen molar-refractivity contribution in [2.75, 3.05) is 11.4 Å². The molecule has 1 atom stereocenters. The monoisotopic (exact) mass is 442 g/mol. The van der Waals surface area contributed by atoms with Crippen LogP contribution in [-0.4, -0.2) is 6.54 Å². The minimum Gasteiger partial charge on any atom is -0.365 e. The number of anilines is 1. The van der Waals surface area contributed by atoms with Crippen LogP contribution in [0.5, 0.6) is 0 Å². The quantitative estimate of drug-likeness (QED) is 0.651. The maximum Gasteiger partial charge on any atom is 0.0595 e. The number of fused-ring (bicyclic) bond motifs is 1. The van der Waals surface area contributed by atoms with Crippen LogP contribution in [0.15, 0.2) is 40.9 Å². The third-order valence-corrected chi connectivity index (χ3v) is 4.74. The van der Waals surface area contributed by atoms with Crippen molar-refractivity contribution in [1.82, 2.24) is 0 Å². The van der Waals surface area contributed by atoms with E-state index in [-0.39, 0.29) is 30.9 Å². The number of benzene rings is 2. The molecule has 0 spiro atoms. The molecule has 0 amide bonds. The van der Waals surface area contributed by atoms with Gasteiger partial charge in [-0.2, -0.15) is 0 Å². The molecular formula is C15H15BrCl4N2. The van der Waals surface area contributed by atoms with Gasteiger partial charge in [0, 0.05) is 29.3 Å². The molecule has 0 saturated heterocycles. The van der Waals surface area contributed by atoms with E-state index in [1.165, 1.54) is 11.3 Å². The van der Waals surface area contributed by atoms with Crippen molar-refractivity contribution in [2.24, 2.45) is 5.73 Å². The first-order chi connectivity index (χ1) is 9.54. The molecule has 1 unspecified atom stereocenters. The molecular weight excluding hydrogens is 430 g/mol. The van der Waals surface area contributed by atoms with Crippen LogP contribution in [0.1, 0.15) is 17.2 Å². The lowest BCUT2D eigenvalue weighted by Crippen LogP contribution is -2.23. The summed E-state index contributed by atoms with van der Waals surface area (Å²) in [6, 6.07) is 12.0. The first-order valence-electron chi connectivity index (χ1n) is 6.28. The van der Waals surface area contributed by atoms with E-state index in [0.717, 1.165) is 23.1 Å². The van der Waals surface area contributed by atoms with Crippen molar-refractivity contribution >= 4 is 69.6 Å². The van der Waals surface area contributed by atoms with E-state index >= 15 is 0 Å². The van der Waals surface area contributed by atoms with Crippen LogP contribution in [0.2, 0.25) is 10.0 Å². The zero-order chi connectivity index (χ0) is 14.3. The first-order valence-corrected chi connectivity index (χ1v) is 7.83. The largest absolute Gasteiger partial charge is 0.365 e. The highest BCUT2D eigenvalue weighted by atomic mass is 79.9. The summed E-state index contributed by atoms with van der Waals surface area (Å²) in [5.41, 5.74) is 9.70. The molecule has 0 aromatic heterocycles. The fraction of sp³-hybridized carbons (Fsp3) is 0.200. The molecule has 3 rings (SSSR count). The summed E-state index contributed by atoms with van der Waals surface area (Å²) in [5.74, 6) is 0. The summed E-state index contributed by atoms with van der Waals surface area (Å²) in [6.07, 6.45) is 0. The van der Waals surface area contributed by atoms with Crippen LogP contribution in [0.4, 0.5) is 5.69 Å². The number of nitrogens with zero attached hydrogens (tertiary/aromatic N) is 1. The molecule has 0 fully saturated rings. The molecule has 2 nitrogen and oxygen atoms in total. The summed E-state index contributed by atoms with van der Waals surface area (Å²) in [5, 5.41) is 1.17. The SMILES string of the molecule is Cl.Cl.NC1CN(Cc2ccc(Cl)c(Cl)c2)c2ccc(Br)cc21. The average Bonchev–Trinajstić information content (AvgIpc) is 2.70. The van der Waals surface area contributed by atoms with Crippen molar-refractivity contribution in [1.29, 1.82) is 0 Å². The lowest BCUT2D eigenvalue weighted by molar-refractivity contribution is 0.720. The Labute approximate surface area is 160 Å². The van der Waals surface area contributed by atoms with Crippen LogP contribution >= 0.6 is 63.9 Å². The number of rotatable bonds is 2. The fourth-order valence-electron chi connectivity index (χ4n) is 2.55. The highest BCUT2D eigenvalue weighted by Gasteiger charge is 2.26. The maximum absolute atomic E-state index is 6.20. The molecule has 2 aromatic rings. The Morgan fingerprint density at radius 2 is 1.82 bits per heavy atom. The van der Waals surface area contributed by atoms with Crippen molar-refractivity contribution in [3.8, 4) is 0 Å². The number of nitrogens with two attached hydrogens (primary N) is 1. The zero-order valence-corrected chi connectivity index (χ0v) is 16.2. The Morgan fingerprint density at radius 1 is 1.09 bits per heavy atom. The molecule has 120 valence electrons. The van der Waals surface area contributed by atoms with E-state index < -0.39 is 0 Å². The minimum absolute atomic E-state index is 0. The van der Waals surface area contributed by atoms with Crippen molar-refractivity contribution < 1.29 is 0 Å². The molecule has 1 heterocycles. The van der Waals surface area contributed by atoms with E-state index in [4.69, 9.17) is 28.9 Å². The van der Waals surface area contributed by atoms with Crippen molar-refractivity contribution in [3.05, 3.63) is 62.0 Å². The Kier molecular flexibility index (Phi) is 7.31. The predicted molar refractivity (Wildman–Crippen MR) is 103 cm³/mol. The lowest BCUT2D eigenvalue weighted by atomic mass is 10.1. The Morgan fingerprint density at radius 3 is 2.50 bits per heavy atom. The Bertz CT molecular complexity index is 666. The summed E-state index contributed by atoms with van der Waals surface area (Å²) >= 11 is 15.5. The van der Waals surface area contributed by atoms with E-state index in [0.29, 0.717) is 10.0 Å². The molecule has 1 aliphatic rings. The van der Waals surface area contributed by atoms with Crippen molar-refractivity contribution in [3.63, 3.8) is 0 Å². The summed E-state index contributed by atoms with van der Waals surface area (Å²) in [4.78, 5) is 2.27. The van der Waals surface area contributed by atoms with Gasteiger partial charge in [-0.3, -0.25) is 0 Å². The molecule has 0 saturated carbocycles. The second-order valence-electron chi connectivity index (χ2n) is 4.94. The fourth-order valence-corrected chi connectivity index (χ4v) is 3.25. The second kappa shape index (κ2) is 8.09. The highest BCUT2D eigenvalue weighted by molar-refractivity contribution is 9.10. The van der Waals surface area contributed by atoms with Gasteiger partial charge in [0.2, 0.25) is 0 Å². The Hall–Kier alpha value is -0.160. The third-order valence-electron chi connectivity index (χ3n) is 3.50. The first kappa shape index (κ1) is 19.9. The van der Waals surface area contributed by atoms with E-state index in [1.807, 2.05) is 24.3 Å². The highest BCUT2D eigenvalue weighted by Crippen LogP contribution is 2.36. The molecule has 2 N–H and O–H groups in total. The van der Waals surface area contributed by atoms with E-state index in [9.17, 15) is 0 Å². The van der Waals surface area contributed by atoms with Gasteiger partial charge in [-0.15, -0.1) is 24.8 Å². The van der Waals surface area contributed by atoms with Crippen molar-refractivity contribution in [2.45, 2.75) is 12.6 Å². The second-order valence-corrected chi connectivity index (χ2v) is 6.67. The van der Waals surface area contributed by atoms with Gasteiger partial charge in [-0.05, 0) is 41.5 Å². The normalized spacial score (nSPS) is 15.8. The smallest absolute Gasteiger partial charge is 0.0595 e. The van der Waals surface area contributed by atoms with Crippen LogP contribution in [-0.2, 0) is 6.54 Å².